The van der Waals surface area contributed by atoms with Gasteiger partial charge in [0.25, 0.3) is 0 Å². The molecule has 1 saturated carbocycles. The van der Waals surface area contributed by atoms with Crippen molar-refractivity contribution in [3.05, 3.63) is 24.3 Å². The number of hydrogen-bond acceptors (Lipinski definition) is 3. The summed E-state index contributed by atoms with van der Waals surface area (Å²) in [7, 11) is 4.06. The summed E-state index contributed by atoms with van der Waals surface area (Å²) >= 11 is 0. The summed E-state index contributed by atoms with van der Waals surface area (Å²) in [6.07, 6.45) is 4.15. The molecular formula is C14H22N2O. The minimum Gasteiger partial charge on any atom is -0.388 e. The second kappa shape index (κ2) is 4.96. The Bertz CT molecular complexity index is 370. The maximum absolute atomic E-state index is 10.3. The molecule has 0 amide bonds. The first-order valence-electron chi connectivity index (χ1n) is 6.33. The molecule has 94 valence electrons. The molecule has 0 spiro atoms. The van der Waals surface area contributed by atoms with E-state index in [1.165, 1.54) is 5.69 Å². The molecule has 0 bridgehead atoms. The van der Waals surface area contributed by atoms with Gasteiger partial charge in [0.1, 0.15) is 0 Å². The minimum absolute atomic E-state index is 0.492. The average Bonchev–Trinajstić information content (AvgIpc) is 2.75. The molecule has 1 aromatic carbocycles. The largest absolute Gasteiger partial charge is 0.388 e. The first-order valence-corrected chi connectivity index (χ1v) is 6.33. The zero-order valence-electron chi connectivity index (χ0n) is 10.7. The Kier molecular flexibility index (Phi) is 3.57. The van der Waals surface area contributed by atoms with Crippen molar-refractivity contribution in [2.24, 2.45) is 0 Å². The molecule has 0 unspecified atom stereocenters. The molecule has 1 fully saturated rings. The van der Waals surface area contributed by atoms with E-state index in [1.807, 2.05) is 26.2 Å². The van der Waals surface area contributed by atoms with Crippen LogP contribution in [0.1, 0.15) is 25.7 Å². The summed E-state index contributed by atoms with van der Waals surface area (Å²) in [4.78, 5) is 2.08. The van der Waals surface area contributed by atoms with E-state index in [-0.39, 0.29) is 0 Å². The van der Waals surface area contributed by atoms with Crippen LogP contribution in [0.15, 0.2) is 24.3 Å². The van der Waals surface area contributed by atoms with Gasteiger partial charge in [-0.3, -0.25) is 0 Å². The topological polar surface area (TPSA) is 35.5 Å². The van der Waals surface area contributed by atoms with E-state index in [1.54, 1.807) is 0 Å². The zero-order valence-corrected chi connectivity index (χ0v) is 10.7. The van der Waals surface area contributed by atoms with Crippen LogP contribution in [0.5, 0.6) is 0 Å². The molecule has 1 aliphatic carbocycles. The summed E-state index contributed by atoms with van der Waals surface area (Å²) in [5, 5.41) is 13.6. The second-order valence-electron chi connectivity index (χ2n) is 5.23. The van der Waals surface area contributed by atoms with Crippen LogP contribution >= 0.6 is 0 Å². The molecule has 0 aliphatic heterocycles. The number of nitrogens with one attached hydrogen (secondary N) is 1. The lowest BCUT2D eigenvalue weighted by Gasteiger charge is -2.23. The molecule has 2 rings (SSSR count). The molecule has 0 atom stereocenters. The number of aliphatic hydroxyl groups is 1. The Morgan fingerprint density at radius 1 is 1.29 bits per heavy atom. The van der Waals surface area contributed by atoms with E-state index in [0.717, 1.165) is 31.4 Å². The monoisotopic (exact) mass is 234 g/mol. The van der Waals surface area contributed by atoms with Crippen LogP contribution in [0.3, 0.4) is 0 Å². The van der Waals surface area contributed by atoms with Gasteiger partial charge in [-0.1, -0.05) is 18.9 Å². The molecule has 1 aliphatic rings. The highest BCUT2D eigenvalue weighted by Gasteiger charge is 2.30. The van der Waals surface area contributed by atoms with Crippen molar-refractivity contribution in [1.82, 2.24) is 0 Å². The maximum Gasteiger partial charge on any atom is 0.0819 e. The van der Waals surface area contributed by atoms with Gasteiger partial charge in [-0.2, -0.15) is 0 Å². The average molecular weight is 234 g/mol. The lowest BCUT2D eigenvalue weighted by atomic mass is 10.0. The van der Waals surface area contributed by atoms with Crippen molar-refractivity contribution < 1.29 is 5.11 Å². The van der Waals surface area contributed by atoms with Crippen molar-refractivity contribution in [3.63, 3.8) is 0 Å². The van der Waals surface area contributed by atoms with Crippen molar-refractivity contribution >= 4 is 11.4 Å². The standard InChI is InChI=1S/C14H22N2O/c1-16(2)13-7-5-6-12(10-13)15-11-14(17)8-3-4-9-14/h5-7,10,15,17H,3-4,8-9,11H2,1-2H3. The summed E-state index contributed by atoms with van der Waals surface area (Å²) in [6, 6.07) is 8.27. The third-order valence-corrected chi connectivity index (χ3v) is 3.52. The highest BCUT2D eigenvalue weighted by molar-refractivity contribution is 5.57. The van der Waals surface area contributed by atoms with Gasteiger partial charge in [0.2, 0.25) is 0 Å². The van der Waals surface area contributed by atoms with E-state index in [4.69, 9.17) is 0 Å². The lowest BCUT2D eigenvalue weighted by Crippen LogP contribution is -2.33. The van der Waals surface area contributed by atoms with E-state index < -0.39 is 5.60 Å². The predicted molar refractivity (Wildman–Crippen MR) is 72.7 cm³/mol. The fraction of sp³-hybridized carbons (Fsp3) is 0.571. The fourth-order valence-electron chi connectivity index (χ4n) is 2.37. The molecule has 0 heterocycles. The van der Waals surface area contributed by atoms with Gasteiger partial charge in [-0.15, -0.1) is 0 Å². The van der Waals surface area contributed by atoms with Gasteiger partial charge >= 0.3 is 0 Å². The smallest absolute Gasteiger partial charge is 0.0819 e. The highest BCUT2D eigenvalue weighted by Crippen LogP contribution is 2.29. The van der Waals surface area contributed by atoms with Gasteiger partial charge in [0, 0.05) is 32.0 Å². The van der Waals surface area contributed by atoms with Crippen LogP contribution in [0.4, 0.5) is 11.4 Å². The van der Waals surface area contributed by atoms with Gasteiger partial charge in [0.05, 0.1) is 5.60 Å². The molecule has 1 aromatic rings. The molecular weight excluding hydrogens is 212 g/mol. The van der Waals surface area contributed by atoms with E-state index in [2.05, 4.69) is 22.3 Å². The minimum atomic E-state index is -0.492. The Balaban J connectivity index is 1.96. The van der Waals surface area contributed by atoms with Crippen molar-refractivity contribution in [2.45, 2.75) is 31.3 Å². The van der Waals surface area contributed by atoms with Crippen LogP contribution in [-0.4, -0.2) is 31.3 Å². The number of nitrogens with zero attached hydrogens (tertiary/aromatic N) is 1. The third kappa shape index (κ3) is 3.13. The Labute approximate surface area is 103 Å². The summed E-state index contributed by atoms with van der Waals surface area (Å²) in [6.45, 7) is 0.657. The third-order valence-electron chi connectivity index (χ3n) is 3.52. The number of benzene rings is 1. The van der Waals surface area contributed by atoms with Crippen LogP contribution < -0.4 is 10.2 Å². The quantitative estimate of drug-likeness (QED) is 0.840. The van der Waals surface area contributed by atoms with E-state index in [9.17, 15) is 5.11 Å². The van der Waals surface area contributed by atoms with Crippen molar-refractivity contribution in [3.8, 4) is 0 Å². The zero-order chi connectivity index (χ0) is 12.3. The normalized spacial score (nSPS) is 18.1. The Hall–Kier alpha value is -1.22. The van der Waals surface area contributed by atoms with E-state index >= 15 is 0 Å². The summed E-state index contributed by atoms with van der Waals surface area (Å²) in [5.41, 5.74) is 1.76. The van der Waals surface area contributed by atoms with Gasteiger partial charge < -0.3 is 15.3 Å². The number of anilines is 2. The summed E-state index contributed by atoms with van der Waals surface area (Å²) in [5.74, 6) is 0. The second-order valence-corrected chi connectivity index (χ2v) is 5.23. The van der Waals surface area contributed by atoms with Crippen molar-refractivity contribution in [1.29, 1.82) is 0 Å². The highest BCUT2D eigenvalue weighted by atomic mass is 16.3. The molecule has 0 aromatic heterocycles. The predicted octanol–water partition coefficient (Wildman–Crippen LogP) is 2.47. The molecule has 3 heteroatoms. The SMILES string of the molecule is CN(C)c1cccc(NCC2(O)CCCC2)c1. The van der Waals surface area contributed by atoms with E-state index in [0.29, 0.717) is 6.54 Å². The maximum atomic E-state index is 10.3. The fourth-order valence-corrected chi connectivity index (χ4v) is 2.37. The van der Waals surface area contributed by atoms with Crippen LogP contribution in [0.2, 0.25) is 0 Å². The van der Waals surface area contributed by atoms with Crippen LogP contribution in [-0.2, 0) is 0 Å². The Morgan fingerprint density at radius 3 is 2.65 bits per heavy atom. The molecule has 17 heavy (non-hydrogen) atoms. The van der Waals surface area contributed by atoms with Crippen LogP contribution in [0, 0.1) is 0 Å². The number of rotatable bonds is 4. The van der Waals surface area contributed by atoms with Gasteiger partial charge in [0.15, 0.2) is 0 Å². The summed E-state index contributed by atoms with van der Waals surface area (Å²) < 4.78 is 0. The lowest BCUT2D eigenvalue weighted by molar-refractivity contribution is 0.0615. The Morgan fingerprint density at radius 2 is 2.00 bits per heavy atom. The molecule has 2 N–H and O–H groups in total. The number of hydrogen-bond donors (Lipinski definition) is 2. The van der Waals surface area contributed by atoms with Crippen LogP contribution in [0.25, 0.3) is 0 Å². The molecule has 0 radical (unpaired) electrons. The van der Waals surface area contributed by atoms with Gasteiger partial charge in [-0.05, 0) is 31.0 Å². The van der Waals surface area contributed by atoms with Gasteiger partial charge in [-0.25, -0.2) is 0 Å². The molecule has 0 saturated heterocycles. The first-order chi connectivity index (χ1) is 8.09. The first kappa shape index (κ1) is 12.2. The molecule has 3 nitrogen and oxygen atoms in total. The van der Waals surface area contributed by atoms with Crippen molar-refractivity contribution in [2.75, 3.05) is 30.9 Å².